The number of carbonyl (C=O) groups is 5. The molecule has 6 N–H and O–H groups in total. The average molecular weight is 830 g/mol. The molecule has 1 aliphatic carbocycles. The molecular weight excluding hydrogens is 762 g/mol. The number of hydrazine groups is 1. The van der Waals surface area contributed by atoms with Crippen molar-refractivity contribution in [3.8, 4) is 0 Å². The van der Waals surface area contributed by atoms with Gasteiger partial charge in [-0.1, -0.05) is 55.8 Å². The zero-order valence-electron chi connectivity index (χ0n) is 35.7. The van der Waals surface area contributed by atoms with Gasteiger partial charge in [0.25, 0.3) is 0 Å². The van der Waals surface area contributed by atoms with Crippen LogP contribution in [0.25, 0.3) is 0 Å². The van der Waals surface area contributed by atoms with E-state index in [1.165, 1.54) is 5.57 Å². The first-order valence-corrected chi connectivity index (χ1v) is 20.9. The van der Waals surface area contributed by atoms with E-state index in [-0.39, 0.29) is 86.7 Å². The lowest BCUT2D eigenvalue weighted by Crippen LogP contribution is -2.55. The van der Waals surface area contributed by atoms with Gasteiger partial charge in [0.05, 0.1) is 63.6 Å². The Bertz CT molecular complexity index is 1570. The summed E-state index contributed by atoms with van der Waals surface area (Å²) in [6.07, 6.45) is 5.16. The van der Waals surface area contributed by atoms with E-state index in [1.807, 2.05) is 32.0 Å². The molecular formula is C43H67N5O11. The van der Waals surface area contributed by atoms with Crippen molar-refractivity contribution in [1.82, 2.24) is 21.4 Å². The van der Waals surface area contributed by atoms with E-state index in [2.05, 4.69) is 48.2 Å². The number of esters is 1. The monoisotopic (exact) mass is 829 g/mol. The van der Waals surface area contributed by atoms with Gasteiger partial charge in [0.1, 0.15) is 23.4 Å². The molecule has 0 radical (unpaired) electrons. The molecule has 2 amide bonds. The minimum atomic E-state index is -1.10. The molecule has 3 aliphatic rings. The summed E-state index contributed by atoms with van der Waals surface area (Å²) in [6.45, 7) is 11.7. The van der Waals surface area contributed by atoms with Crippen LogP contribution in [0.5, 0.6) is 0 Å². The molecule has 330 valence electrons. The SMILES string of the molecule is COC1C(OC(=O)CCCOCCOCCNC(=O)CNCC(=O)C(=O)[C@H](Cc2ccccc2)NC(=O)[C@H](CC(C)C)NN)CC[C@]2(CO2)C1C1(C)O[C@@H]1CC=C(C)C. The fraction of sp³-hybridized carbons (Fsp3) is 0.698. The number of nitrogens with two attached hydrogens (primary N) is 1. The van der Waals surface area contributed by atoms with Gasteiger partial charge in [-0.05, 0) is 64.4 Å². The summed E-state index contributed by atoms with van der Waals surface area (Å²) in [5.41, 5.74) is 3.83. The number of epoxide rings is 2. The lowest BCUT2D eigenvalue weighted by Gasteiger charge is -2.42. The quantitative estimate of drug-likeness (QED) is 0.0155. The van der Waals surface area contributed by atoms with Crippen molar-refractivity contribution < 1.29 is 52.4 Å². The van der Waals surface area contributed by atoms with Gasteiger partial charge in [-0.15, -0.1) is 0 Å². The predicted octanol–water partition coefficient (Wildman–Crippen LogP) is 1.87. The van der Waals surface area contributed by atoms with Crippen LogP contribution in [-0.4, -0.2) is 131 Å². The fourth-order valence-corrected chi connectivity index (χ4v) is 7.89. The number of rotatable bonds is 28. The molecule has 16 nitrogen and oxygen atoms in total. The zero-order chi connectivity index (χ0) is 43.0. The first-order chi connectivity index (χ1) is 28.2. The van der Waals surface area contributed by atoms with Gasteiger partial charge in [0.2, 0.25) is 23.4 Å². The molecule has 1 aromatic rings. The highest BCUT2D eigenvalue weighted by Gasteiger charge is 2.72. The highest BCUT2D eigenvalue weighted by molar-refractivity contribution is 6.40. The van der Waals surface area contributed by atoms with Crippen molar-refractivity contribution in [1.29, 1.82) is 0 Å². The molecule has 8 atom stereocenters. The van der Waals surface area contributed by atoms with Crippen LogP contribution in [0.2, 0.25) is 0 Å². The number of ketones is 2. The van der Waals surface area contributed by atoms with Crippen LogP contribution in [0.15, 0.2) is 42.0 Å². The van der Waals surface area contributed by atoms with E-state index >= 15 is 0 Å². The van der Waals surface area contributed by atoms with Crippen molar-refractivity contribution >= 4 is 29.4 Å². The smallest absolute Gasteiger partial charge is 0.306 e. The second-order valence-electron chi connectivity index (χ2n) is 16.6. The van der Waals surface area contributed by atoms with Crippen molar-refractivity contribution in [3.63, 3.8) is 0 Å². The molecule has 4 unspecified atom stereocenters. The number of carbonyl (C=O) groups excluding carboxylic acids is 5. The van der Waals surface area contributed by atoms with Crippen molar-refractivity contribution in [2.24, 2.45) is 17.7 Å². The van der Waals surface area contributed by atoms with Gasteiger partial charge in [0.15, 0.2) is 0 Å². The molecule has 1 aromatic carbocycles. The summed E-state index contributed by atoms with van der Waals surface area (Å²) in [6, 6.07) is 7.23. The van der Waals surface area contributed by atoms with Gasteiger partial charge < -0.3 is 44.4 Å². The van der Waals surface area contributed by atoms with Crippen molar-refractivity contribution in [2.45, 2.75) is 121 Å². The zero-order valence-corrected chi connectivity index (χ0v) is 35.7. The lowest BCUT2D eigenvalue weighted by atomic mass is 9.68. The molecule has 4 rings (SSSR count). The Morgan fingerprint density at radius 3 is 2.36 bits per heavy atom. The third kappa shape index (κ3) is 14.8. The second kappa shape index (κ2) is 23.4. The van der Waals surface area contributed by atoms with E-state index in [1.54, 1.807) is 19.2 Å². The lowest BCUT2D eigenvalue weighted by molar-refractivity contribution is -0.172. The van der Waals surface area contributed by atoms with E-state index < -0.39 is 35.2 Å². The average Bonchev–Trinajstić information content (AvgIpc) is 4.13. The summed E-state index contributed by atoms with van der Waals surface area (Å²) >= 11 is 0. The van der Waals surface area contributed by atoms with Crippen LogP contribution in [0.4, 0.5) is 0 Å². The third-order valence-electron chi connectivity index (χ3n) is 11.1. The molecule has 1 spiro atoms. The van der Waals surface area contributed by atoms with Crippen LogP contribution < -0.4 is 27.2 Å². The summed E-state index contributed by atoms with van der Waals surface area (Å²) in [5.74, 6) is 3.04. The number of hydrogen-bond acceptors (Lipinski definition) is 14. The molecule has 0 bridgehead atoms. The van der Waals surface area contributed by atoms with Crippen molar-refractivity contribution in [2.75, 3.05) is 59.8 Å². The fourth-order valence-electron chi connectivity index (χ4n) is 7.89. The molecule has 59 heavy (non-hydrogen) atoms. The summed E-state index contributed by atoms with van der Waals surface area (Å²) in [4.78, 5) is 64.0. The highest BCUT2D eigenvalue weighted by atomic mass is 16.6. The Kier molecular flexibility index (Phi) is 19.1. The topological polar surface area (TPSA) is 221 Å². The third-order valence-corrected chi connectivity index (χ3v) is 11.1. The molecule has 1 saturated carbocycles. The molecule has 2 saturated heterocycles. The van der Waals surface area contributed by atoms with E-state index in [9.17, 15) is 24.0 Å². The Morgan fingerprint density at radius 1 is 1.00 bits per heavy atom. The maximum atomic E-state index is 13.2. The largest absolute Gasteiger partial charge is 0.460 e. The van der Waals surface area contributed by atoms with Gasteiger partial charge in [-0.3, -0.25) is 29.8 Å². The Labute approximate surface area is 348 Å². The molecule has 3 fully saturated rings. The number of allylic oxidation sites excluding steroid dienone is 1. The summed E-state index contributed by atoms with van der Waals surface area (Å²) in [5, 5.41) is 8.07. The van der Waals surface area contributed by atoms with Gasteiger partial charge in [-0.25, -0.2) is 5.43 Å². The highest BCUT2D eigenvalue weighted by Crippen LogP contribution is 2.59. The van der Waals surface area contributed by atoms with E-state index in [4.69, 9.17) is 34.3 Å². The molecule has 16 heteroatoms. The maximum Gasteiger partial charge on any atom is 0.306 e. The van der Waals surface area contributed by atoms with Gasteiger partial charge >= 0.3 is 5.97 Å². The molecule has 2 aliphatic heterocycles. The standard InChI is InChI=1S/C43H67N5O11/c1-28(2)14-15-35-42(5,59-35)40-39(54-6)34(16-17-43(40)27-57-43)58-37(51)13-10-19-55-21-22-56-20-18-46-36(50)26-45-25-33(49)38(52)31(24-30-11-8-7-9-12-30)47-41(53)32(48-44)23-29(3)4/h7-9,11-12,14,29,31-32,34-35,39-40,45,48H,10,13,15-27,44H2,1-6H3,(H,46,50)(H,47,53)/t31-,32-,34?,35+,39?,40?,42?,43-/m0/s1. The number of Topliss-reactive ketones (excluding diaryl/α,β-unsaturated/α-hetero) is 2. The van der Waals surface area contributed by atoms with Gasteiger partial charge in [0, 0.05) is 33.1 Å². The number of hydrogen-bond donors (Lipinski definition) is 5. The first-order valence-electron chi connectivity index (χ1n) is 20.9. The van der Waals surface area contributed by atoms with Gasteiger partial charge in [-0.2, -0.15) is 0 Å². The maximum absolute atomic E-state index is 13.2. The predicted molar refractivity (Wildman–Crippen MR) is 219 cm³/mol. The number of methoxy groups -OCH3 is 1. The number of nitrogens with one attached hydrogen (secondary N) is 4. The Balaban J connectivity index is 1.05. The van der Waals surface area contributed by atoms with E-state index in [0.29, 0.717) is 45.7 Å². The van der Waals surface area contributed by atoms with Crippen LogP contribution in [-0.2, 0) is 58.8 Å². The molecule has 0 aromatic heterocycles. The van der Waals surface area contributed by atoms with Crippen LogP contribution in [0.1, 0.15) is 78.7 Å². The van der Waals surface area contributed by atoms with Crippen LogP contribution in [0.3, 0.4) is 0 Å². The van der Waals surface area contributed by atoms with Crippen LogP contribution in [0, 0.1) is 11.8 Å². The van der Waals surface area contributed by atoms with Crippen LogP contribution >= 0.6 is 0 Å². The minimum absolute atomic E-state index is 0.0294. The first kappa shape index (κ1) is 48.1. The summed E-state index contributed by atoms with van der Waals surface area (Å²) in [7, 11) is 1.66. The number of benzene rings is 1. The minimum Gasteiger partial charge on any atom is -0.460 e. The Hall–Kier alpha value is -3.61. The normalized spacial score (nSPS) is 25.5. The number of ether oxygens (including phenoxy) is 6. The Morgan fingerprint density at radius 2 is 1.71 bits per heavy atom. The van der Waals surface area contributed by atoms with Crippen molar-refractivity contribution in [3.05, 3.63) is 47.5 Å². The molecule has 2 heterocycles. The second-order valence-corrected chi connectivity index (χ2v) is 16.6. The number of amides is 2. The van der Waals surface area contributed by atoms with E-state index in [0.717, 1.165) is 18.4 Å². The summed E-state index contributed by atoms with van der Waals surface area (Å²) < 4.78 is 35.3.